The van der Waals surface area contributed by atoms with E-state index in [-0.39, 0.29) is 17.3 Å². The molecule has 3 aromatic rings. The van der Waals surface area contributed by atoms with Gasteiger partial charge in [-0.3, -0.25) is 14.9 Å². The third-order valence-electron chi connectivity index (χ3n) is 4.22. The lowest BCUT2D eigenvalue weighted by Gasteiger charge is -2.06. The number of amides is 1. The zero-order valence-corrected chi connectivity index (χ0v) is 18.5. The van der Waals surface area contributed by atoms with Crippen molar-refractivity contribution in [1.29, 1.82) is 0 Å². The van der Waals surface area contributed by atoms with Crippen LogP contribution in [0.3, 0.4) is 0 Å². The van der Waals surface area contributed by atoms with E-state index in [0.29, 0.717) is 17.4 Å². The van der Waals surface area contributed by atoms with E-state index < -0.39 is 4.92 Å². The highest BCUT2D eigenvalue weighted by atomic mass is 35.5. The van der Waals surface area contributed by atoms with Crippen LogP contribution in [0.2, 0.25) is 5.02 Å². The summed E-state index contributed by atoms with van der Waals surface area (Å²) in [7, 11) is 0. The first-order chi connectivity index (χ1) is 15.5. The quantitative estimate of drug-likeness (QED) is 0.250. The largest absolute Gasteiger partial charge is 0.489 e. The fourth-order valence-electron chi connectivity index (χ4n) is 2.63. The molecule has 3 rings (SSSR count). The highest BCUT2D eigenvalue weighted by Crippen LogP contribution is 2.18. The molecule has 0 radical (unpaired) electrons. The van der Waals surface area contributed by atoms with Crippen LogP contribution in [-0.2, 0) is 17.2 Å². The Bertz CT molecular complexity index is 1090. The van der Waals surface area contributed by atoms with E-state index in [9.17, 15) is 14.9 Å². The Labute approximate surface area is 194 Å². The maximum atomic E-state index is 11.9. The second kappa shape index (κ2) is 11.9. The van der Waals surface area contributed by atoms with Gasteiger partial charge in [0.25, 0.3) is 5.69 Å². The maximum Gasteiger partial charge on any atom is 0.269 e. The van der Waals surface area contributed by atoms with Gasteiger partial charge in [0, 0.05) is 22.9 Å². The summed E-state index contributed by atoms with van der Waals surface area (Å²) in [6.07, 6.45) is 1.55. The van der Waals surface area contributed by atoms with Crippen molar-refractivity contribution in [2.24, 2.45) is 5.10 Å². The molecule has 0 atom stereocenters. The van der Waals surface area contributed by atoms with Crippen LogP contribution >= 0.6 is 23.4 Å². The van der Waals surface area contributed by atoms with Crippen LogP contribution in [0.15, 0.2) is 77.9 Å². The number of carbonyl (C=O) groups excluding carboxylic acids is 1. The van der Waals surface area contributed by atoms with Crippen LogP contribution in [0.5, 0.6) is 5.75 Å². The third-order valence-corrected chi connectivity index (χ3v) is 5.48. The van der Waals surface area contributed by atoms with Crippen molar-refractivity contribution in [3.05, 3.63) is 105 Å². The Kier molecular flexibility index (Phi) is 8.65. The predicted molar refractivity (Wildman–Crippen MR) is 127 cm³/mol. The molecule has 0 aliphatic rings. The number of hydrogen-bond donors (Lipinski definition) is 1. The van der Waals surface area contributed by atoms with E-state index in [4.69, 9.17) is 16.3 Å². The topological polar surface area (TPSA) is 93.8 Å². The van der Waals surface area contributed by atoms with Crippen LogP contribution in [0.1, 0.15) is 16.7 Å². The number of halogens is 1. The van der Waals surface area contributed by atoms with Crippen LogP contribution < -0.4 is 10.2 Å². The molecular weight excluding hydrogens is 450 g/mol. The Hall–Kier alpha value is -3.36. The normalized spacial score (nSPS) is 10.8. The molecule has 9 heteroatoms. The number of hydrogen-bond acceptors (Lipinski definition) is 6. The summed E-state index contributed by atoms with van der Waals surface area (Å²) in [6.45, 7) is 0.439. The predicted octanol–water partition coefficient (Wildman–Crippen LogP) is 5.21. The molecule has 0 aliphatic carbocycles. The third kappa shape index (κ3) is 7.72. The summed E-state index contributed by atoms with van der Waals surface area (Å²) >= 11 is 7.23. The van der Waals surface area contributed by atoms with Gasteiger partial charge in [0.15, 0.2) is 0 Å². The Morgan fingerprint density at radius 1 is 1.09 bits per heavy atom. The van der Waals surface area contributed by atoms with Crippen molar-refractivity contribution < 1.29 is 14.5 Å². The number of ether oxygens (including phenoxy) is 1. The molecule has 32 heavy (non-hydrogen) atoms. The highest BCUT2D eigenvalue weighted by Gasteiger charge is 2.06. The number of nitro benzene ring substituents is 1. The van der Waals surface area contributed by atoms with Crippen LogP contribution in [0, 0.1) is 10.1 Å². The molecular formula is C23H20ClN3O4S. The van der Waals surface area contributed by atoms with Crippen molar-refractivity contribution in [2.75, 3.05) is 5.75 Å². The van der Waals surface area contributed by atoms with E-state index in [1.807, 2.05) is 48.5 Å². The smallest absolute Gasteiger partial charge is 0.269 e. The number of benzene rings is 3. The first kappa shape index (κ1) is 23.3. The molecule has 7 nitrogen and oxygen atoms in total. The zero-order chi connectivity index (χ0) is 22.8. The van der Waals surface area contributed by atoms with Crippen molar-refractivity contribution in [3.63, 3.8) is 0 Å². The molecule has 0 spiro atoms. The lowest BCUT2D eigenvalue weighted by Crippen LogP contribution is -2.19. The minimum absolute atomic E-state index is 0.0403. The molecule has 0 bridgehead atoms. The summed E-state index contributed by atoms with van der Waals surface area (Å²) in [4.78, 5) is 22.3. The van der Waals surface area contributed by atoms with Gasteiger partial charge < -0.3 is 4.74 Å². The zero-order valence-electron chi connectivity index (χ0n) is 16.9. The number of nitro groups is 1. The average molecular weight is 470 g/mol. The molecule has 1 amide bonds. The van der Waals surface area contributed by atoms with Crippen molar-refractivity contribution in [1.82, 2.24) is 5.43 Å². The first-order valence-corrected chi connectivity index (χ1v) is 11.1. The molecule has 164 valence electrons. The Balaban J connectivity index is 1.38. The maximum absolute atomic E-state index is 11.9. The second-order valence-electron chi connectivity index (χ2n) is 6.70. The van der Waals surface area contributed by atoms with Gasteiger partial charge in [0.2, 0.25) is 5.91 Å². The number of thioether (sulfide) groups is 1. The monoisotopic (exact) mass is 469 g/mol. The molecule has 0 unspecified atom stereocenters. The lowest BCUT2D eigenvalue weighted by molar-refractivity contribution is -0.384. The molecule has 1 N–H and O–H groups in total. The minimum Gasteiger partial charge on any atom is -0.489 e. The Morgan fingerprint density at radius 3 is 2.56 bits per heavy atom. The number of carbonyl (C=O) groups is 1. The molecule has 0 heterocycles. The molecule has 0 saturated heterocycles. The van der Waals surface area contributed by atoms with E-state index in [0.717, 1.165) is 22.4 Å². The van der Waals surface area contributed by atoms with E-state index in [1.165, 1.54) is 23.9 Å². The SMILES string of the molecule is O=C(CSCc1cccc([N+](=O)[O-])c1)N/N=C\c1ccc(OCc2ccc(Cl)cc2)cc1. The van der Waals surface area contributed by atoms with Gasteiger partial charge in [0.05, 0.1) is 16.9 Å². The van der Waals surface area contributed by atoms with Gasteiger partial charge >= 0.3 is 0 Å². The second-order valence-corrected chi connectivity index (χ2v) is 8.12. The van der Waals surface area contributed by atoms with Gasteiger partial charge in [-0.2, -0.15) is 5.10 Å². The van der Waals surface area contributed by atoms with Gasteiger partial charge in [0.1, 0.15) is 12.4 Å². The molecule has 3 aromatic carbocycles. The summed E-state index contributed by atoms with van der Waals surface area (Å²) in [6, 6.07) is 21.2. The fraction of sp³-hybridized carbons (Fsp3) is 0.130. The van der Waals surface area contributed by atoms with E-state index in [2.05, 4.69) is 10.5 Å². The van der Waals surface area contributed by atoms with Crippen molar-refractivity contribution in [3.8, 4) is 5.75 Å². The van der Waals surface area contributed by atoms with Crippen molar-refractivity contribution in [2.45, 2.75) is 12.4 Å². The van der Waals surface area contributed by atoms with Crippen LogP contribution in [-0.4, -0.2) is 22.8 Å². The number of rotatable bonds is 10. The number of nitrogens with one attached hydrogen (secondary N) is 1. The van der Waals surface area contributed by atoms with Crippen LogP contribution in [0.4, 0.5) is 5.69 Å². The highest BCUT2D eigenvalue weighted by molar-refractivity contribution is 7.99. The van der Waals surface area contributed by atoms with E-state index in [1.54, 1.807) is 18.3 Å². The molecule has 0 aliphatic heterocycles. The lowest BCUT2D eigenvalue weighted by atomic mass is 10.2. The summed E-state index contributed by atoms with van der Waals surface area (Å²) in [5.41, 5.74) is 5.14. The number of non-ortho nitro benzene ring substituents is 1. The van der Waals surface area contributed by atoms with Gasteiger partial charge in [-0.25, -0.2) is 5.43 Å². The molecule has 0 fully saturated rings. The summed E-state index contributed by atoms with van der Waals surface area (Å²) < 4.78 is 5.73. The van der Waals surface area contributed by atoms with Gasteiger partial charge in [-0.1, -0.05) is 35.9 Å². The number of nitrogens with zero attached hydrogens (tertiary/aromatic N) is 2. The first-order valence-electron chi connectivity index (χ1n) is 9.60. The van der Waals surface area contributed by atoms with Crippen LogP contribution in [0.25, 0.3) is 0 Å². The van der Waals surface area contributed by atoms with E-state index >= 15 is 0 Å². The summed E-state index contributed by atoms with van der Waals surface area (Å²) in [5.74, 6) is 1.16. The fourth-order valence-corrected chi connectivity index (χ4v) is 3.52. The summed E-state index contributed by atoms with van der Waals surface area (Å²) in [5, 5.41) is 15.4. The average Bonchev–Trinajstić information content (AvgIpc) is 2.80. The molecule has 0 aromatic heterocycles. The van der Waals surface area contributed by atoms with Crippen molar-refractivity contribution >= 4 is 41.2 Å². The standard InChI is InChI=1S/C23H20ClN3O4S/c24-20-8-4-18(5-9-20)14-31-22-10-6-17(7-11-22)13-25-26-23(28)16-32-15-19-2-1-3-21(12-19)27(29)30/h1-13H,14-16H2,(H,26,28)/b25-13-. The minimum atomic E-state index is -0.437. The van der Waals surface area contributed by atoms with Gasteiger partial charge in [-0.15, -0.1) is 11.8 Å². The van der Waals surface area contributed by atoms with Gasteiger partial charge in [-0.05, 0) is 53.1 Å². The number of hydrazone groups is 1. The molecule has 0 saturated carbocycles. The Morgan fingerprint density at radius 2 is 1.84 bits per heavy atom.